The van der Waals surface area contributed by atoms with Gasteiger partial charge >= 0.3 is 7.12 Å². The van der Waals surface area contributed by atoms with Crippen LogP contribution in [0.5, 0.6) is 0 Å². The molecule has 1 aromatic rings. The van der Waals surface area contributed by atoms with Crippen LogP contribution in [0.4, 0.5) is 8.78 Å². The fourth-order valence-electron chi connectivity index (χ4n) is 0.904. The first-order valence-electron chi connectivity index (χ1n) is 3.46. The number of halogens is 2. The third-order valence-corrected chi connectivity index (χ3v) is 2.33. The lowest BCUT2D eigenvalue weighted by molar-refractivity contribution is 0.419. The zero-order valence-corrected chi connectivity index (χ0v) is 7.61. The largest absolute Gasteiger partial charge is 0.491 e. The maximum Gasteiger partial charge on any atom is 0.491 e. The second-order valence-corrected chi connectivity index (χ2v) is 3.21. The lowest BCUT2D eigenvalue weighted by atomic mass is 9.80. The van der Waals surface area contributed by atoms with E-state index in [0.29, 0.717) is 0 Å². The van der Waals surface area contributed by atoms with Gasteiger partial charge < -0.3 is 10.0 Å². The smallest absolute Gasteiger partial charge is 0.423 e. The Kier molecular flexibility index (Phi) is 3.30. The summed E-state index contributed by atoms with van der Waals surface area (Å²) in [7, 11) is -1.98. The molecule has 0 atom stereocenters. The minimum atomic E-state index is -1.98. The molecular formula is C7H7BF2O2S. The number of hydrogen-bond donors (Lipinski definition) is 2. The molecule has 6 heteroatoms. The summed E-state index contributed by atoms with van der Waals surface area (Å²) in [4.78, 5) is 0.141. The van der Waals surface area contributed by atoms with E-state index >= 15 is 0 Å². The molecule has 2 nitrogen and oxygen atoms in total. The highest BCUT2D eigenvalue weighted by Gasteiger charge is 2.21. The first-order valence-corrected chi connectivity index (χ1v) is 4.68. The van der Waals surface area contributed by atoms with Gasteiger partial charge in [-0.2, -0.15) is 0 Å². The van der Waals surface area contributed by atoms with Crippen molar-refractivity contribution in [1.29, 1.82) is 0 Å². The van der Waals surface area contributed by atoms with Crippen molar-refractivity contribution < 1.29 is 18.8 Å². The third-order valence-electron chi connectivity index (χ3n) is 1.57. The van der Waals surface area contributed by atoms with Crippen LogP contribution in [0.15, 0.2) is 17.0 Å². The molecule has 2 N–H and O–H groups in total. The molecule has 0 saturated carbocycles. The maximum absolute atomic E-state index is 13.0. The van der Waals surface area contributed by atoms with Crippen molar-refractivity contribution in [3.8, 4) is 0 Å². The standard InChI is InChI=1S/C7H7BF2O2S/c1-13-5-3-2-4(8(11)12)6(9)7(5)10/h2-3,11-12H,1H3. The van der Waals surface area contributed by atoms with Crippen LogP contribution < -0.4 is 5.46 Å². The highest BCUT2D eigenvalue weighted by Crippen LogP contribution is 2.19. The second-order valence-electron chi connectivity index (χ2n) is 2.36. The van der Waals surface area contributed by atoms with Crippen LogP contribution in [0, 0.1) is 11.6 Å². The lowest BCUT2D eigenvalue weighted by Gasteiger charge is -2.05. The van der Waals surface area contributed by atoms with Crippen molar-refractivity contribution in [2.24, 2.45) is 0 Å². The Bertz CT molecular complexity index is 320. The highest BCUT2D eigenvalue weighted by atomic mass is 32.2. The molecule has 0 unspecified atom stereocenters. The summed E-state index contributed by atoms with van der Waals surface area (Å²) in [5.74, 6) is -2.25. The van der Waals surface area contributed by atoms with Gasteiger partial charge in [-0.05, 0) is 12.3 Å². The van der Waals surface area contributed by atoms with E-state index in [0.717, 1.165) is 17.8 Å². The first-order chi connectivity index (χ1) is 6.07. The molecule has 0 heterocycles. The van der Waals surface area contributed by atoms with Gasteiger partial charge in [-0.25, -0.2) is 8.78 Å². The van der Waals surface area contributed by atoms with E-state index in [-0.39, 0.29) is 4.90 Å². The third kappa shape index (κ3) is 2.01. The van der Waals surface area contributed by atoms with Crippen LogP contribution >= 0.6 is 11.8 Å². The van der Waals surface area contributed by atoms with E-state index < -0.39 is 24.2 Å². The van der Waals surface area contributed by atoms with Gasteiger partial charge in [-0.3, -0.25) is 0 Å². The number of thioether (sulfide) groups is 1. The number of benzene rings is 1. The average molecular weight is 204 g/mol. The van der Waals surface area contributed by atoms with E-state index in [1.165, 1.54) is 6.07 Å². The Morgan fingerprint density at radius 3 is 2.31 bits per heavy atom. The fourth-order valence-corrected chi connectivity index (χ4v) is 1.38. The Morgan fingerprint density at radius 2 is 1.85 bits per heavy atom. The molecule has 1 rings (SSSR count). The molecule has 13 heavy (non-hydrogen) atoms. The van der Waals surface area contributed by atoms with Crippen LogP contribution in [0.2, 0.25) is 0 Å². The van der Waals surface area contributed by atoms with E-state index in [9.17, 15) is 8.78 Å². The van der Waals surface area contributed by atoms with Crippen LogP contribution in [0.25, 0.3) is 0 Å². The van der Waals surface area contributed by atoms with Gasteiger partial charge in [0.2, 0.25) is 0 Å². The highest BCUT2D eigenvalue weighted by molar-refractivity contribution is 7.98. The molecule has 0 spiro atoms. The second kappa shape index (κ2) is 4.08. The molecule has 0 aliphatic heterocycles. The fraction of sp³-hybridized carbons (Fsp3) is 0.143. The molecule has 0 radical (unpaired) electrons. The van der Waals surface area contributed by atoms with Gasteiger partial charge in [0.15, 0.2) is 11.6 Å². The SMILES string of the molecule is CSc1ccc(B(O)O)c(F)c1F. The Balaban J connectivity index is 3.23. The monoisotopic (exact) mass is 204 g/mol. The molecule has 0 aliphatic carbocycles. The quantitative estimate of drug-likeness (QED) is 0.540. The van der Waals surface area contributed by atoms with E-state index in [1.807, 2.05) is 0 Å². The molecule has 1 aromatic carbocycles. The van der Waals surface area contributed by atoms with Gasteiger partial charge in [0.1, 0.15) is 0 Å². The van der Waals surface area contributed by atoms with Crippen molar-refractivity contribution in [2.75, 3.05) is 6.26 Å². The molecular weight excluding hydrogens is 197 g/mol. The molecule has 0 aromatic heterocycles. The van der Waals surface area contributed by atoms with E-state index in [1.54, 1.807) is 6.26 Å². The summed E-state index contributed by atoms with van der Waals surface area (Å²) in [5.41, 5.74) is -0.449. The number of rotatable bonds is 2. The van der Waals surface area contributed by atoms with Crippen molar-refractivity contribution in [2.45, 2.75) is 4.90 Å². The normalized spacial score (nSPS) is 10.2. The topological polar surface area (TPSA) is 40.5 Å². The van der Waals surface area contributed by atoms with Crippen molar-refractivity contribution in [3.05, 3.63) is 23.8 Å². The van der Waals surface area contributed by atoms with Crippen molar-refractivity contribution in [3.63, 3.8) is 0 Å². The number of hydrogen-bond acceptors (Lipinski definition) is 3. The van der Waals surface area contributed by atoms with Gasteiger partial charge in [-0.15, -0.1) is 11.8 Å². The molecule has 70 valence electrons. The Labute approximate surface area is 78.7 Å². The summed E-state index contributed by atoms with van der Waals surface area (Å²) >= 11 is 1.05. The average Bonchev–Trinajstić information content (AvgIpc) is 2.09. The predicted molar refractivity (Wildman–Crippen MR) is 48.0 cm³/mol. The summed E-state index contributed by atoms with van der Waals surface area (Å²) in [6.45, 7) is 0. The van der Waals surface area contributed by atoms with Gasteiger partial charge in [0, 0.05) is 10.4 Å². The van der Waals surface area contributed by atoms with Crippen molar-refractivity contribution in [1.82, 2.24) is 0 Å². The maximum atomic E-state index is 13.0. The van der Waals surface area contributed by atoms with Gasteiger partial charge in [-0.1, -0.05) is 6.07 Å². The lowest BCUT2D eigenvalue weighted by Crippen LogP contribution is -2.33. The minimum absolute atomic E-state index is 0.141. The summed E-state index contributed by atoms with van der Waals surface area (Å²) in [6.07, 6.45) is 1.60. The summed E-state index contributed by atoms with van der Waals surface area (Å²) < 4.78 is 26.0. The van der Waals surface area contributed by atoms with E-state index in [2.05, 4.69) is 0 Å². The molecule has 0 saturated heterocycles. The summed E-state index contributed by atoms with van der Waals surface area (Å²) in [6, 6.07) is 2.45. The van der Waals surface area contributed by atoms with E-state index in [4.69, 9.17) is 10.0 Å². The summed E-state index contributed by atoms with van der Waals surface area (Å²) in [5, 5.41) is 17.3. The first kappa shape index (κ1) is 10.5. The molecule has 0 bridgehead atoms. The van der Waals surface area contributed by atoms with Crippen LogP contribution in [0.3, 0.4) is 0 Å². The Morgan fingerprint density at radius 1 is 1.23 bits per heavy atom. The van der Waals surface area contributed by atoms with Crippen LogP contribution in [-0.2, 0) is 0 Å². The van der Waals surface area contributed by atoms with Crippen molar-refractivity contribution >= 4 is 24.3 Å². The molecule has 0 fully saturated rings. The van der Waals surface area contributed by atoms with Crippen LogP contribution in [0.1, 0.15) is 0 Å². The van der Waals surface area contributed by atoms with Gasteiger partial charge in [0.25, 0.3) is 0 Å². The molecule has 0 aliphatic rings. The zero-order valence-electron chi connectivity index (χ0n) is 6.79. The van der Waals surface area contributed by atoms with Gasteiger partial charge in [0.05, 0.1) is 0 Å². The Hall–Kier alpha value is -0.585. The molecule has 0 amide bonds. The zero-order chi connectivity index (χ0) is 10.0. The van der Waals surface area contributed by atoms with Crippen LogP contribution in [-0.4, -0.2) is 23.4 Å². The minimum Gasteiger partial charge on any atom is -0.423 e. The predicted octanol–water partition coefficient (Wildman–Crippen LogP) is 0.367.